The van der Waals surface area contributed by atoms with Crippen molar-refractivity contribution in [3.63, 3.8) is 0 Å². The molecule has 0 aromatic heterocycles. The zero-order valence-corrected chi connectivity index (χ0v) is 12.9. The minimum absolute atomic E-state index is 0.0340. The fraction of sp³-hybridized carbons (Fsp3) is 0.812. The SMILES string of the molecule is O=C(CC1(C(=O)O)CCC1)N1CCC(N2CCCC2=O)CC1. The zero-order valence-electron chi connectivity index (χ0n) is 12.9. The first-order valence-electron chi connectivity index (χ1n) is 8.32. The number of aliphatic carboxylic acids is 1. The molecule has 0 aromatic rings. The Morgan fingerprint density at radius 1 is 1.14 bits per heavy atom. The number of rotatable bonds is 4. The summed E-state index contributed by atoms with van der Waals surface area (Å²) >= 11 is 0. The third kappa shape index (κ3) is 2.71. The molecule has 22 heavy (non-hydrogen) atoms. The first-order chi connectivity index (χ1) is 10.5. The van der Waals surface area contributed by atoms with Gasteiger partial charge in [-0.2, -0.15) is 0 Å². The van der Waals surface area contributed by atoms with Crippen molar-refractivity contribution < 1.29 is 19.5 Å². The van der Waals surface area contributed by atoms with E-state index in [0.29, 0.717) is 32.4 Å². The summed E-state index contributed by atoms with van der Waals surface area (Å²) < 4.78 is 0. The molecule has 0 radical (unpaired) electrons. The van der Waals surface area contributed by atoms with E-state index in [-0.39, 0.29) is 24.3 Å². The van der Waals surface area contributed by atoms with Crippen LogP contribution in [0.5, 0.6) is 0 Å². The Labute approximate surface area is 130 Å². The number of carbonyl (C=O) groups excluding carboxylic acids is 2. The average molecular weight is 308 g/mol. The molecule has 0 atom stereocenters. The minimum atomic E-state index is -0.829. The molecule has 0 aromatic carbocycles. The van der Waals surface area contributed by atoms with Gasteiger partial charge in [0.2, 0.25) is 11.8 Å². The van der Waals surface area contributed by atoms with Gasteiger partial charge in [0.1, 0.15) is 0 Å². The summed E-state index contributed by atoms with van der Waals surface area (Å²) in [5.74, 6) is -0.623. The number of carboxylic acids is 1. The fourth-order valence-corrected chi connectivity index (χ4v) is 3.95. The third-order valence-corrected chi connectivity index (χ3v) is 5.62. The molecular weight excluding hydrogens is 284 g/mol. The molecule has 3 fully saturated rings. The molecule has 1 aliphatic carbocycles. The van der Waals surface area contributed by atoms with Gasteiger partial charge in [0.05, 0.1) is 5.41 Å². The highest BCUT2D eigenvalue weighted by Crippen LogP contribution is 2.44. The molecule has 2 saturated heterocycles. The summed E-state index contributed by atoms with van der Waals surface area (Å²) in [4.78, 5) is 39.3. The van der Waals surface area contributed by atoms with Crippen LogP contribution in [-0.2, 0) is 14.4 Å². The molecule has 2 heterocycles. The van der Waals surface area contributed by atoms with Gasteiger partial charge in [-0.3, -0.25) is 14.4 Å². The first kappa shape index (κ1) is 15.3. The number of nitrogens with zero attached hydrogens (tertiary/aromatic N) is 2. The van der Waals surface area contributed by atoms with Gasteiger partial charge in [-0.25, -0.2) is 0 Å². The van der Waals surface area contributed by atoms with E-state index in [9.17, 15) is 19.5 Å². The molecule has 1 saturated carbocycles. The van der Waals surface area contributed by atoms with Crippen molar-refractivity contribution in [2.45, 2.75) is 57.4 Å². The van der Waals surface area contributed by atoms with E-state index < -0.39 is 11.4 Å². The van der Waals surface area contributed by atoms with Gasteiger partial charge in [0.25, 0.3) is 0 Å². The number of likely N-dealkylation sites (tertiary alicyclic amines) is 2. The molecule has 3 rings (SSSR count). The minimum Gasteiger partial charge on any atom is -0.481 e. The zero-order chi connectivity index (χ0) is 15.7. The topological polar surface area (TPSA) is 77.9 Å². The van der Waals surface area contributed by atoms with Crippen molar-refractivity contribution in [1.29, 1.82) is 0 Å². The predicted octanol–water partition coefficient (Wildman–Crippen LogP) is 1.24. The molecule has 0 unspecified atom stereocenters. The van der Waals surface area contributed by atoms with Crippen molar-refractivity contribution in [1.82, 2.24) is 9.80 Å². The number of hydrogen-bond donors (Lipinski definition) is 1. The van der Waals surface area contributed by atoms with E-state index in [2.05, 4.69) is 0 Å². The summed E-state index contributed by atoms with van der Waals surface area (Å²) in [5.41, 5.74) is -0.807. The van der Waals surface area contributed by atoms with E-state index in [1.807, 2.05) is 4.90 Å². The van der Waals surface area contributed by atoms with Crippen LogP contribution in [0.25, 0.3) is 0 Å². The lowest BCUT2D eigenvalue weighted by Crippen LogP contribution is -2.49. The number of piperidine rings is 1. The highest BCUT2D eigenvalue weighted by molar-refractivity contribution is 5.85. The van der Waals surface area contributed by atoms with Gasteiger partial charge in [-0.05, 0) is 32.1 Å². The van der Waals surface area contributed by atoms with Crippen molar-refractivity contribution in [3.05, 3.63) is 0 Å². The average Bonchev–Trinajstić information content (AvgIpc) is 2.88. The molecule has 2 amide bonds. The highest BCUT2D eigenvalue weighted by Gasteiger charge is 2.47. The number of hydrogen-bond acceptors (Lipinski definition) is 3. The summed E-state index contributed by atoms with van der Waals surface area (Å²) in [6.07, 6.45) is 5.50. The Bertz CT molecular complexity index is 479. The van der Waals surface area contributed by atoms with Crippen LogP contribution >= 0.6 is 0 Å². The van der Waals surface area contributed by atoms with Crippen LogP contribution < -0.4 is 0 Å². The lowest BCUT2D eigenvalue weighted by Gasteiger charge is -2.41. The van der Waals surface area contributed by atoms with Crippen LogP contribution in [-0.4, -0.2) is 58.4 Å². The normalized spacial score (nSPS) is 25.2. The molecule has 1 N–H and O–H groups in total. The van der Waals surface area contributed by atoms with E-state index in [0.717, 1.165) is 32.2 Å². The standard InChI is InChI=1S/C16H24N2O4/c19-13-3-1-8-18(13)12-4-9-17(10-5-12)14(20)11-16(15(21)22)6-2-7-16/h12H,1-11H2,(H,21,22). The Morgan fingerprint density at radius 2 is 1.82 bits per heavy atom. The van der Waals surface area contributed by atoms with Crippen LogP contribution in [0, 0.1) is 5.41 Å². The van der Waals surface area contributed by atoms with Gasteiger partial charge < -0.3 is 14.9 Å². The second kappa shape index (κ2) is 5.89. The van der Waals surface area contributed by atoms with Crippen molar-refractivity contribution >= 4 is 17.8 Å². The van der Waals surface area contributed by atoms with Crippen LogP contribution in [0.15, 0.2) is 0 Å². The van der Waals surface area contributed by atoms with Gasteiger partial charge in [-0.15, -0.1) is 0 Å². The van der Waals surface area contributed by atoms with Crippen LogP contribution in [0.1, 0.15) is 51.4 Å². The smallest absolute Gasteiger partial charge is 0.310 e. The van der Waals surface area contributed by atoms with E-state index in [1.165, 1.54) is 0 Å². The Balaban J connectivity index is 1.52. The third-order valence-electron chi connectivity index (χ3n) is 5.62. The molecule has 3 aliphatic rings. The summed E-state index contributed by atoms with van der Waals surface area (Å²) in [6, 6.07) is 0.260. The van der Waals surface area contributed by atoms with Gasteiger partial charge >= 0.3 is 5.97 Å². The second-order valence-electron chi connectivity index (χ2n) is 6.92. The lowest BCUT2D eigenvalue weighted by atomic mass is 9.66. The van der Waals surface area contributed by atoms with E-state index in [4.69, 9.17) is 0 Å². The molecule has 2 aliphatic heterocycles. The monoisotopic (exact) mass is 308 g/mol. The molecule has 6 heteroatoms. The van der Waals surface area contributed by atoms with Crippen molar-refractivity contribution in [3.8, 4) is 0 Å². The molecule has 0 spiro atoms. The molecule has 6 nitrogen and oxygen atoms in total. The number of amides is 2. The maximum atomic E-state index is 12.4. The Hall–Kier alpha value is -1.59. The molecule has 122 valence electrons. The van der Waals surface area contributed by atoms with Crippen molar-refractivity contribution in [2.75, 3.05) is 19.6 Å². The Morgan fingerprint density at radius 3 is 2.27 bits per heavy atom. The molecular formula is C16H24N2O4. The maximum Gasteiger partial charge on any atom is 0.310 e. The van der Waals surface area contributed by atoms with Crippen molar-refractivity contribution in [2.24, 2.45) is 5.41 Å². The number of carbonyl (C=O) groups is 3. The first-order valence-corrected chi connectivity index (χ1v) is 8.32. The van der Waals surface area contributed by atoms with Gasteiger partial charge in [-0.1, -0.05) is 6.42 Å². The second-order valence-corrected chi connectivity index (χ2v) is 6.92. The van der Waals surface area contributed by atoms with Gasteiger partial charge in [0.15, 0.2) is 0 Å². The van der Waals surface area contributed by atoms with E-state index in [1.54, 1.807) is 4.90 Å². The lowest BCUT2D eigenvalue weighted by molar-refractivity contribution is -0.160. The number of carboxylic acid groups (broad SMARTS) is 1. The summed E-state index contributed by atoms with van der Waals surface area (Å²) in [5, 5.41) is 9.33. The highest BCUT2D eigenvalue weighted by atomic mass is 16.4. The fourth-order valence-electron chi connectivity index (χ4n) is 3.95. The molecule has 0 bridgehead atoms. The van der Waals surface area contributed by atoms with Crippen LogP contribution in [0.3, 0.4) is 0 Å². The maximum absolute atomic E-state index is 12.4. The van der Waals surface area contributed by atoms with Crippen LogP contribution in [0.4, 0.5) is 0 Å². The Kier molecular flexibility index (Phi) is 4.10. The van der Waals surface area contributed by atoms with Crippen LogP contribution in [0.2, 0.25) is 0 Å². The van der Waals surface area contributed by atoms with Gasteiger partial charge in [0, 0.05) is 38.5 Å². The largest absolute Gasteiger partial charge is 0.481 e. The quantitative estimate of drug-likeness (QED) is 0.847. The van der Waals surface area contributed by atoms with E-state index >= 15 is 0 Å². The summed E-state index contributed by atoms with van der Waals surface area (Å²) in [7, 11) is 0. The predicted molar refractivity (Wildman–Crippen MR) is 79.1 cm³/mol. The summed E-state index contributed by atoms with van der Waals surface area (Å²) in [6.45, 7) is 2.13.